The number of ether oxygens (including phenoxy) is 1. The molecule has 1 saturated heterocycles. The quantitative estimate of drug-likeness (QED) is 0.404. The lowest BCUT2D eigenvalue weighted by Gasteiger charge is -2.38. The van der Waals surface area contributed by atoms with Gasteiger partial charge in [-0.1, -0.05) is 6.92 Å². The van der Waals surface area contributed by atoms with Crippen molar-refractivity contribution in [2.24, 2.45) is 5.92 Å². The van der Waals surface area contributed by atoms with Crippen molar-refractivity contribution < 1.29 is 20.1 Å². The SMILES string of the molecule is C[C@@H]1C(S)OC(CO)[C@@H](O)[C@@H]1O. The molecule has 0 aliphatic carbocycles. The average molecular weight is 194 g/mol. The molecule has 4 nitrogen and oxygen atoms in total. The van der Waals surface area contributed by atoms with Crippen molar-refractivity contribution in [3.8, 4) is 0 Å². The zero-order valence-corrected chi connectivity index (χ0v) is 7.69. The van der Waals surface area contributed by atoms with Crippen molar-refractivity contribution in [3.63, 3.8) is 0 Å². The molecule has 0 spiro atoms. The minimum Gasteiger partial charge on any atom is -0.394 e. The van der Waals surface area contributed by atoms with Crippen LogP contribution in [0.1, 0.15) is 6.92 Å². The summed E-state index contributed by atoms with van der Waals surface area (Å²) in [7, 11) is 0. The number of rotatable bonds is 1. The summed E-state index contributed by atoms with van der Waals surface area (Å²) in [6.07, 6.45) is -2.62. The maximum atomic E-state index is 9.43. The fourth-order valence-electron chi connectivity index (χ4n) is 1.23. The van der Waals surface area contributed by atoms with E-state index >= 15 is 0 Å². The van der Waals surface area contributed by atoms with Crippen LogP contribution in [0.4, 0.5) is 0 Å². The van der Waals surface area contributed by atoms with E-state index in [1.54, 1.807) is 6.92 Å². The highest BCUT2D eigenvalue weighted by atomic mass is 32.1. The van der Waals surface area contributed by atoms with Gasteiger partial charge in [0.1, 0.15) is 17.6 Å². The minimum absolute atomic E-state index is 0.230. The van der Waals surface area contributed by atoms with Crippen LogP contribution in [0.15, 0.2) is 0 Å². The lowest BCUT2D eigenvalue weighted by atomic mass is 9.94. The van der Waals surface area contributed by atoms with E-state index in [0.29, 0.717) is 0 Å². The van der Waals surface area contributed by atoms with E-state index in [1.165, 1.54) is 0 Å². The largest absolute Gasteiger partial charge is 0.394 e. The highest BCUT2D eigenvalue weighted by molar-refractivity contribution is 7.80. The molecule has 0 radical (unpaired) electrons. The number of aliphatic hydroxyl groups excluding tert-OH is 3. The Bertz CT molecular complexity index is 150. The summed E-state index contributed by atoms with van der Waals surface area (Å²) in [5, 5.41) is 27.5. The third-order valence-corrected chi connectivity index (χ3v) is 2.81. The van der Waals surface area contributed by atoms with Crippen molar-refractivity contribution in [2.45, 2.75) is 30.7 Å². The van der Waals surface area contributed by atoms with Gasteiger partial charge in [-0.3, -0.25) is 0 Å². The average Bonchev–Trinajstić information content (AvgIpc) is 2.08. The summed E-state index contributed by atoms with van der Waals surface area (Å²) >= 11 is 4.06. The number of aliphatic hydroxyl groups is 3. The monoisotopic (exact) mass is 194 g/mol. The van der Waals surface area contributed by atoms with Crippen LogP contribution in [0.5, 0.6) is 0 Å². The molecule has 12 heavy (non-hydrogen) atoms. The van der Waals surface area contributed by atoms with Gasteiger partial charge in [0, 0.05) is 5.92 Å². The van der Waals surface area contributed by atoms with Crippen molar-refractivity contribution in [2.75, 3.05) is 6.61 Å². The van der Waals surface area contributed by atoms with Crippen molar-refractivity contribution in [3.05, 3.63) is 0 Å². The van der Waals surface area contributed by atoms with Crippen LogP contribution in [-0.2, 0) is 4.74 Å². The summed E-state index contributed by atoms with van der Waals surface area (Å²) in [5.41, 5.74) is -0.430. The lowest BCUT2D eigenvalue weighted by molar-refractivity contribution is -0.180. The topological polar surface area (TPSA) is 69.9 Å². The van der Waals surface area contributed by atoms with Crippen molar-refractivity contribution in [1.82, 2.24) is 0 Å². The molecule has 2 unspecified atom stereocenters. The molecule has 5 atom stereocenters. The van der Waals surface area contributed by atoms with Gasteiger partial charge in [-0.25, -0.2) is 0 Å². The molecule has 0 bridgehead atoms. The third-order valence-electron chi connectivity index (χ3n) is 2.21. The highest BCUT2D eigenvalue weighted by Gasteiger charge is 2.40. The summed E-state index contributed by atoms with van der Waals surface area (Å²) in [6.45, 7) is 1.43. The lowest BCUT2D eigenvalue weighted by Crippen LogP contribution is -2.53. The van der Waals surface area contributed by atoms with Crippen molar-refractivity contribution >= 4 is 12.6 Å². The summed E-state index contributed by atoms with van der Waals surface area (Å²) in [4.78, 5) is 0. The summed E-state index contributed by atoms with van der Waals surface area (Å²) < 4.78 is 5.13. The summed E-state index contributed by atoms with van der Waals surface area (Å²) in [6, 6.07) is 0. The molecule has 5 heteroatoms. The Balaban J connectivity index is 2.63. The van der Waals surface area contributed by atoms with Gasteiger partial charge in [-0.15, -0.1) is 12.6 Å². The smallest absolute Gasteiger partial charge is 0.110 e. The van der Waals surface area contributed by atoms with Crippen LogP contribution < -0.4 is 0 Å². The Morgan fingerprint density at radius 3 is 2.42 bits per heavy atom. The molecule has 0 aromatic heterocycles. The maximum Gasteiger partial charge on any atom is 0.110 e. The van der Waals surface area contributed by atoms with Crippen LogP contribution in [0, 0.1) is 5.92 Å². The molecule has 1 heterocycles. The van der Waals surface area contributed by atoms with Gasteiger partial charge in [0.05, 0.1) is 12.7 Å². The molecular weight excluding hydrogens is 180 g/mol. The predicted octanol–water partition coefficient (Wildman–Crippen LogP) is -1.01. The molecule has 0 amide bonds. The van der Waals surface area contributed by atoms with E-state index in [2.05, 4.69) is 12.6 Å². The van der Waals surface area contributed by atoms with Gasteiger partial charge in [0.15, 0.2) is 0 Å². The van der Waals surface area contributed by atoms with E-state index in [1.807, 2.05) is 0 Å². The van der Waals surface area contributed by atoms with Gasteiger partial charge in [0.25, 0.3) is 0 Å². The fourth-order valence-corrected chi connectivity index (χ4v) is 1.57. The van der Waals surface area contributed by atoms with Crippen LogP contribution >= 0.6 is 12.6 Å². The fraction of sp³-hybridized carbons (Fsp3) is 1.00. The second-order valence-electron chi connectivity index (χ2n) is 3.09. The number of thiol groups is 1. The van der Waals surface area contributed by atoms with Crippen molar-refractivity contribution in [1.29, 1.82) is 0 Å². The number of hydrogen-bond donors (Lipinski definition) is 4. The normalized spacial score (nSPS) is 49.2. The first kappa shape index (κ1) is 10.3. The Morgan fingerprint density at radius 1 is 1.33 bits per heavy atom. The molecule has 3 N–H and O–H groups in total. The minimum atomic E-state index is -1.02. The Labute approximate surface area is 76.6 Å². The van der Waals surface area contributed by atoms with Gasteiger partial charge in [-0.2, -0.15) is 0 Å². The molecule has 1 fully saturated rings. The zero-order chi connectivity index (χ0) is 9.30. The zero-order valence-electron chi connectivity index (χ0n) is 6.79. The van der Waals surface area contributed by atoms with Crippen LogP contribution in [0.25, 0.3) is 0 Å². The van der Waals surface area contributed by atoms with E-state index in [-0.39, 0.29) is 12.5 Å². The molecule has 0 saturated carbocycles. The summed E-state index contributed by atoms with van der Waals surface area (Å²) in [5.74, 6) is -0.230. The first-order valence-corrected chi connectivity index (χ1v) is 4.40. The highest BCUT2D eigenvalue weighted by Crippen LogP contribution is 2.27. The van der Waals surface area contributed by atoms with E-state index in [9.17, 15) is 10.2 Å². The Morgan fingerprint density at radius 2 is 1.92 bits per heavy atom. The van der Waals surface area contributed by atoms with E-state index in [0.717, 1.165) is 0 Å². The number of hydrogen-bond acceptors (Lipinski definition) is 5. The maximum absolute atomic E-state index is 9.43. The standard InChI is InChI=1S/C7H14O4S/c1-3-5(9)6(10)4(2-8)11-7(3)12/h3-10,12H,2H2,1H3/t3-,4?,5+,6+,7?/m0/s1. The van der Waals surface area contributed by atoms with Gasteiger partial charge in [0.2, 0.25) is 0 Å². The molecular formula is C7H14O4S. The molecule has 0 aromatic rings. The van der Waals surface area contributed by atoms with E-state index in [4.69, 9.17) is 9.84 Å². The van der Waals surface area contributed by atoms with Gasteiger partial charge < -0.3 is 20.1 Å². The molecule has 0 aromatic carbocycles. The van der Waals surface area contributed by atoms with Gasteiger partial charge in [-0.05, 0) is 0 Å². The second-order valence-corrected chi connectivity index (χ2v) is 3.60. The molecule has 1 aliphatic rings. The van der Waals surface area contributed by atoms with Crippen LogP contribution in [0.2, 0.25) is 0 Å². The molecule has 1 aliphatic heterocycles. The van der Waals surface area contributed by atoms with E-state index < -0.39 is 23.7 Å². The second kappa shape index (κ2) is 3.93. The third kappa shape index (κ3) is 1.75. The molecule has 1 rings (SSSR count). The van der Waals surface area contributed by atoms with Crippen LogP contribution in [-0.4, -0.2) is 45.7 Å². The van der Waals surface area contributed by atoms with Crippen LogP contribution in [0.3, 0.4) is 0 Å². The first-order chi connectivity index (χ1) is 5.57. The Hall–Kier alpha value is 0.190. The Kier molecular flexibility index (Phi) is 3.37. The molecule has 72 valence electrons. The predicted molar refractivity (Wildman–Crippen MR) is 45.9 cm³/mol. The van der Waals surface area contributed by atoms with Gasteiger partial charge >= 0.3 is 0 Å². The first-order valence-electron chi connectivity index (χ1n) is 3.88.